The number of piperidine rings is 1. The molecule has 1 aliphatic rings. The molecule has 1 aliphatic heterocycles. The zero-order valence-electron chi connectivity index (χ0n) is 17.1. The maximum atomic E-state index is 13.8. The minimum Gasteiger partial charge on any atom is -0.444 e. The number of hydrogen-bond acceptors (Lipinski definition) is 7. The average molecular weight is 481 g/mol. The van der Waals surface area contributed by atoms with Crippen molar-refractivity contribution in [1.82, 2.24) is 10.3 Å². The first-order chi connectivity index (χ1) is 16.1. The van der Waals surface area contributed by atoms with Crippen molar-refractivity contribution >= 4 is 34.7 Å². The number of anilines is 1. The lowest BCUT2D eigenvalue weighted by atomic mass is 9.98. The van der Waals surface area contributed by atoms with Crippen LogP contribution in [0, 0.1) is 5.82 Å². The Labute approximate surface area is 188 Å². The van der Waals surface area contributed by atoms with E-state index in [0.717, 1.165) is 6.07 Å². The maximum Gasteiger partial charge on any atom is 0.573 e. The molecule has 2 aromatic carbocycles. The highest BCUT2D eigenvalue weighted by Gasteiger charge is 2.32. The van der Waals surface area contributed by atoms with Crippen molar-refractivity contribution in [2.45, 2.75) is 31.7 Å². The molecule has 3 aromatic rings. The molecule has 0 spiro atoms. The third kappa shape index (κ3) is 5.42. The van der Waals surface area contributed by atoms with Crippen LogP contribution in [-0.2, 0) is 20.9 Å². The molecule has 3 amide bonds. The summed E-state index contributed by atoms with van der Waals surface area (Å²) in [5, 5.41) is 4.23. The minimum absolute atomic E-state index is 0.146. The molecule has 0 aliphatic carbocycles. The van der Waals surface area contributed by atoms with Crippen molar-refractivity contribution in [1.29, 1.82) is 0 Å². The van der Waals surface area contributed by atoms with Gasteiger partial charge in [-0.25, -0.2) is 14.2 Å². The number of imide groups is 1. The topological polar surface area (TPSA) is 120 Å². The fourth-order valence-electron chi connectivity index (χ4n) is 3.25. The molecule has 1 aromatic heterocycles. The lowest BCUT2D eigenvalue weighted by Gasteiger charge is -2.17. The highest BCUT2D eigenvalue weighted by Crippen LogP contribution is 2.29. The van der Waals surface area contributed by atoms with Gasteiger partial charge in [0.05, 0.1) is 5.69 Å². The van der Waals surface area contributed by atoms with Gasteiger partial charge in [-0.1, -0.05) is 6.07 Å². The van der Waals surface area contributed by atoms with Gasteiger partial charge in [0.25, 0.3) is 0 Å². The summed E-state index contributed by atoms with van der Waals surface area (Å²) >= 11 is 0. The molecule has 4 rings (SSSR count). The second-order valence-corrected chi connectivity index (χ2v) is 7.25. The van der Waals surface area contributed by atoms with Gasteiger partial charge in [-0.2, -0.15) is 0 Å². The number of fused-ring (bicyclic) bond motifs is 1. The van der Waals surface area contributed by atoms with E-state index >= 15 is 0 Å². The molecule has 1 unspecified atom stereocenters. The molecule has 34 heavy (non-hydrogen) atoms. The van der Waals surface area contributed by atoms with Gasteiger partial charge < -0.3 is 13.9 Å². The van der Waals surface area contributed by atoms with Crippen molar-refractivity contribution < 1.29 is 45.8 Å². The Morgan fingerprint density at radius 1 is 1.21 bits per heavy atom. The van der Waals surface area contributed by atoms with Crippen LogP contribution in [0.4, 0.5) is 28.0 Å². The molecular formula is C21H15F4N3O6. The highest BCUT2D eigenvalue weighted by molar-refractivity contribution is 6.00. The second kappa shape index (κ2) is 9.00. The number of rotatable bonds is 5. The number of halogens is 4. The molecule has 0 saturated carbocycles. The fourth-order valence-corrected chi connectivity index (χ4v) is 3.25. The van der Waals surface area contributed by atoms with Gasteiger partial charge in [-0.15, -0.1) is 13.2 Å². The number of hydrogen-bond donors (Lipinski definition) is 2. The third-order valence-corrected chi connectivity index (χ3v) is 4.78. The quantitative estimate of drug-likeness (QED) is 0.415. The molecule has 178 valence electrons. The number of carbonyl (C=O) groups excluding carboxylic acids is 3. The van der Waals surface area contributed by atoms with E-state index in [1.807, 2.05) is 5.32 Å². The number of nitrogens with zero attached hydrogens (tertiary/aromatic N) is 1. The standard InChI is InChI=1S/C21H15F4N3O6/c22-13-4-2-11(34-21(23,24)25)8-14(13)27-20(31)32-9-10-1-5-16-15(7-10)26-19(33-16)12-3-6-17(29)28-18(12)30/h1-2,4-5,7-8,12H,3,6,9H2,(H,27,31)(H,28,29,30). The summed E-state index contributed by atoms with van der Waals surface area (Å²) < 4.78 is 65.1. The summed E-state index contributed by atoms with van der Waals surface area (Å²) in [5.41, 5.74) is 0.661. The van der Waals surface area contributed by atoms with E-state index in [4.69, 9.17) is 9.15 Å². The van der Waals surface area contributed by atoms with Crippen LogP contribution in [0.2, 0.25) is 0 Å². The average Bonchev–Trinajstić information content (AvgIpc) is 3.16. The van der Waals surface area contributed by atoms with Crippen LogP contribution < -0.4 is 15.4 Å². The Morgan fingerprint density at radius 2 is 2.00 bits per heavy atom. The lowest BCUT2D eigenvalue weighted by molar-refractivity contribution is -0.274. The van der Waals surface area contributed by atoms with E-state index in [2.05, 4.69) is 15.0 Å². The monoisotopic (exact) mass is 481 g/mol. The molecule has 0 radical (unpaired) electrons. The summed E-state index contributed by atoms with van der Waals surface area (Å²) in [5.74, 6) is -3.13. The predicted molar refractivity (Wildman–Crippen MR) is 106 cm³/mol. The van der Waals surface area contributed by atoms with Gasteiger partial charge in [0.2, 0.25) is 17.7 Å². The lowest BCUT2D eigenvalue weighted by Crippen LogP contribution is -2.39. The van der Waals surface area contributed by atoms with Crippen LogP contribution in [0.25, 0.3) is 11.1 Å². The van der Waals surface area contributed by atoms with Crippen LogP contribution in [0.15, 0.2) is 40.8 Å². The van der Waals surface area contributed by atoms with Gasteiger partial charge in [0.15, 0.2) is 5.58 Å². The van der Waals surface area contributed by atoms with Crippen LogP contribution in [-0.4, -0.2) is 29.3 Å². The number of nitrogens with one attached hydrogen (secondary N) is 2. The number of alkyl halides is 3. The molecular weight excluding hydrogens is 466 g/mol. The Kier molecular flexibility index (Phi) is 6.09. The van der Waals surface area contributed by atoms with E-state index in [1.54, 1.807) is 18.2 Å². The first-order valence-electron chi connectivity index (χ1n) is 9.79. The summed E-state index contributed by atoms with van der Waals surface area (Å²) in [4.78, 5) is 39.6. The first-order valence-corrected chi connectivity index (χ1v) is 9.79. The summed E-state index contributed by atoms with van der Waals surface area (Å²) in [6.07, 6.45) is -5.67. The third-order valence-electron chi connectivity index (χ3n) is 4.78. The predicted octanol–water partition coefficient (Wildman–Crippen LogP) is 4.13. The van der Waals surface area contributed by atoms with Gasteiger partial charge in [-0.3, -0.25) is 20.2 Å². The fraction of sp³-hybridized carbons (Fsp3) is 0.238. The number of amides is 3. The highest BCUT2D eigenvalue weighted by atomic mass is 19.4. The van der Waals surface area contributed by atoms with Crippen molar-refractivity contribution in [2.24, 2.45) is 0 Å². The van der Waals surface area contributed by atoms with Crippen molar-refractivity contribution in [3.63, 3.8) is 0 Å². The van der Waals surface area contributed by atoms with E-state index in [0.29, 0.717) is 28.8 Å². The first kappa shape index (κ1) is 23.0. The number of oxazole rings is 1. The number of carbonyl (C=O) groups is 3. The van der Waals surface area contributed by atoms with Crippen LogP contribution >= 0.6 is 0 Å². The Balaban J connectivity index is 1.40. The maximum absolute atomic E-state index is 13.8. The molecule has 1 saturated heterocycles. The van der Waals surface area contributed by atoms with E-state index in [-0.39, 0.29) is 31.2 Å². The number of aromatic nitrogens is 1. The Hall–Kier alpha value is -4.16. The zero-order valence-corrected chi connectivity index (χ0v) is 17.1. The van der Waals surface area contributed by atoms with Gasteiger partial charge in [-0.05, 0) is 36.2 Å². The zero-order chi connectivity index (χ0) is 24.5. The summed E-state index contributed by atoms with van der Waals surface area (Å²) in [7, 11) is 0. The minimum atomic E-state index is -4.98. The number of ether oxygens (including phenoxy) is 2. The van der Waals surface area contributed by atoms with Crippen LogP contribution in [0.5, 0.6) is 5.75 Å². The second-order valence-electron chi connectivity index (χ2n) is 7.25. The largest absolute Gasteiger partial charge is 0.573 e. The number of benzene rings is 2. The molecule has 1 fully saturated rings. The molecule has 2 N–H and O–H groups in total. The van der Waals surface area contributed by atoms with E-state index in [1.165, 1.54) is 0 Å². The molecule has 1 atom stereocenters. The van der Waals surface area contributed by atoms with E-state index < -0.39 is 41.5 Å². The van der Waals surface area contributed by atoms with Crippen LogP contribution in [0.3, 0.4) is 0 Å². The normalized spacial score (nSPS) is 16.3. The molecule has 0 bridgehead atoms. The molecule has 13 heteroatoms. The van der Waals surface area contributed by atoms with Gasteiger partial charge in [0.1, 0.15) is 29.6 Å². The molecule has 9 nitrogen and oxygen atoms in total. The smallest absolute Gasteiger partial charge is 0.444 e. The van der Waals surface area contributed by atoms with Crippen molar-refractivity contribution in [3.05, 3.63) is 53.7 Å². The SMILES string of the molecule is O=C1CCC(c2nc3cc(COC(=O)Nc4cc(OC(F)(F)F)ccc4F)ccc3o2)C(=O)N1. The Bertz CT molecular complexity index is 1270. The summed E-state index contributed by atoms with van der Waals surface area (Å²) in [6, 6.07) is 6.78. The Morgan fingerprint density at radius 3 is 2.74 bits per heavy atom. The van der Waals surface area contributed by atoms with Crippen molar-refractivity contribution in [2.75, 3.05) is 5.32 Å². The van der Waals surface area contributed by atoms with Gasteiger partial charge >= 0.3 is 12.5 Å². The summed E-state index contributed by atoms with van der Waals surface area (Å²) in [6.45, 7) is -0.275. The molecule has 2 heterocycles. The van der Waals surface area contributed by atoms with E-state index in [9.17, 15) is 31.9 Å². The van der Waals surface area contributed by atoms with Gasteiger partial charge in [0, 0.05) is 12.5 Å². The van der Waals surface area contributed by atoms with Crippen LogP contribution in [0.1, 0.15) is 30.2 Å². The van der Waals surface area contributed by atoms with Crippen molar-refractivity contribution in [3.8, 4) is 5.75 Å².